The molecule has 4 nitrogen and oxygen atoms in total. The summed E-state index contributed by atoms with van der Waals surface area (Å²) in [6, 6.07) is 9.81. The fraction of sp³-hybridized carbons (Fsp3) is 0.500. The van der Waals surface area contributed by atoms with E-state index in [4.69, 9.17) is 4.74 Å². The Kier molecular flexibility index (Phi) is 6.39. The smallest absolute Gasteiger partial charge is 0.311 e. The molecular weight excluding hydrogens is 232 g/mol. The van der Waals surface area contributed by atoms with Crippen LogP contribution in [0.3, 0.4) is 0 Å². The van der Waals surface area contributed by atoms with E-state index >= 15 is 0 Å². The van der Waals surface area contributed by atoms with E-state index in [1.165, 1.54) is 7.11 Å². The minimum Gasteiger partial charge on any atom is -0.469 e. The van der Waals surface area contributed by atoms with Gasteiger partial charge in [-0.25, -0.2) is 0 Å². The molecule has 1 aromatic carbocycles. The van der Waals surface area contributed by atoms with Gasteiger partial charge in [0.1, 0.15) is 0 Å². The Labute approximate surface area is 108 Å². The van der Waals surface area contributed by atoms with Crippen molar-refractivity contribution in [3.05, 3.63) is 35.9 Å². The fourth-order valence-electron chi connectivity index (χ4n) is 1.56. The van der Waals surface area contributed by atoms with Crippen molar-refractivity contribution in [2.24, 2.45) is 5.92 Å². The molecule has 1 aromatic rings. The van der Waals surface area contributed by atoms with E-state index in [0.29, 0.717) is 19.6 Å². The van der Waals surface area contributed by atoms with Gasteiger partial charge in [-0.15, -0.1) is 0 Å². The second-order valence-electron chi connectivity index (χ2n) is 4.21. The highest BCUT2D eigenvalue weighted by atomic mass is 16.5. The predicted molar refractivity (Wildman–Crippen MR) is 67.9 cm³/mol. The van der Waals surface area contributed by atoms with Crippen LogP contribution < -0.4 is 0 Å². The predicted octanol–water partition coefficient (Wildman–Crippen LogP) is 1.76. The number of methoxy groups -OCH3 is 1. The minimum absolute atomic E-state index is 0.398. The van der Waals surface area contributed by atoms with Gasteiger partial charge in [-0.3, -0.25) is 4.79 Å². The quantitative estimate of drug-likeness (QED) is 0.593. The molecule has 100 valence electrons. The van der Waals surface area contributed by atoms with Gasteiger partial charge in [0.25, 0.3) is 0 Å². The summed E-state index contributed by atoms with van der Waals surface area (Å²) in [4.78, 5) is 11.2. The number of benzene rings is 1. The van der Waals surface area contributed by atoms with Gasteiger partial charge in [-0.2, -0.15) is 0 Å². The van der Waals surface area contributed by atoms with Crippen LogP contribution in [0.2, 0.25) is 0 Å². The normalized spacial score (nSPS) is 13.9. The molecule has 0 aliphatic carbocycles. The molecule has 0 saturated carbocycles. The van der Waals surface area contributed by atoms with Gasteiger partial charge >= 0.3 is 5.97 Å². The molecule has 0 fully saturated rings. The first-order valence-electron chi connectivity index (χ1n) is 6.02. The molecule has 1 rings (SSSR count). The number of carbonyl (C=O) groups excluding carboxylic acids is 1. The number of aliphatic hydroxyl groups is 1. The first-order chi connectivity index (χ1) is 8.65. The van der Waals surface area contributed by atoms with E-state index in [1.54, 1.807) is 6.92 Å². The average molecular weight is 252 g/mol. The Morgan fingerprint density at radius 2 is 2.00 bits per heavy atom. The molecule has 0 aliphatic heterocycles. The van der Waals surface area contributed by atoms with Crippen molar-refractivity contribution in [2.75, 3.05) is 13.7 Å². The van der Waals surface area contributed by atoms with E-state index in [-0.39, 0.29) is 0 Å². The number of esters is 1. The highest BCUT2D eigenvalue weighted by molar-refractivity contribution is 5.72. The minimum atomic E-state index is -0.728. The Hall–Kier alpha value is -1.39. The Morgan fingerprint density at radius 1 is 1.33 bits per heavy atom. The Balaban J connectivity index is 2.20. The highest BCUT2D eigenvalue weighted by Gasteiger charge is 2.22. The molecule has 2 unspecified atom stereocenters. The van der Waals surface area contributed by atoms with Crippen LogP contribution in [0.5, 0.6) is 0 Å². The van der Waals surface area contributed by atoms with Crippen molar-refractivity contribution in [2.45, 2.75) is 26.1 Å². The zero-order chi connectivity index (χ0) is 13.4. The maximum atomic E-state index is 11.2. The van der Waals surface area contributed by atoms with Gasteiger partial charge in [0.2, 0.25) is 0 Å². The van der Waals surface area contributed by atoms with E-state index in [2.05, 4.69) is 4.74 Å². The number of aliphatic hydroxyl groups excluding tert-OH is 1. The number of carbonyl (C=O) groups is 1. The van der Waals surface area contributed by atoms with Gasteiger partial charge in [0, 0.05) is 6.61 Å². The Bertz CT molecular complexity index is 350. The molecule has 0 bridgehead atoms. The number of rotatable bonds is 7. The van der Waals surface area contributed by atoms with Crippen LogP contribution in [0.4, 0.5) is 0 Å². The molecule has 2 atom stereocenters. The van der Waals surface area contributed by atoms with Crippen LogP contribution in [-0.2, 0) is 20.9 Å². The summed E-state index contributed by atoms with van der Waals surface area (Å²) in [5, 5.41) is 9.74. The Morgan fingerprint density at radius 3 is 2.61 bits per heavy atom. The monoisotopic (exact) mass is 252 g/mol. The summed E-state index contributed by atoms with van der Waals surface area (Å²) in [6.07, 6.45) is -0.309. The summed E-state index contributed by atoms with van der Waals surface area (Å²) >= 11 is 0. The SMILES string of the molecule is COC(=O)C(C)C(O)CCOCc1ccccc1. The van der Waals surface area contributed by atoms with Crippen molar-refractivity contribution in [1.29, 1.82) is 0 Å². The third-order valence-electron chi connectivity index (χ3n) is 2.82. The largest absolute Gasteiger partial charge is 0.469 e. The molecule has 0 radical (unpaired) electrons. The summed E-state index contributed by atoms with van der Waals surface area (Å²) in [5.74, 6) is -0.916. The lowest BCUT2D eigenvalue weighted by molar-refractivity contribution is -0.149. The van der Waals surface area contributed by atoms with E-state index in [9.17, 15) is 9.90 Å². The zero-order valence-electron chi connectivity index (χ0n) is 10.8. The third-order valence-corrected chi connectivity index (χ3v) is 2.82. The first kappa shape index (κ1) is 14.7. The van der Waals surface area contributed by atoms with Crippen LogP contribution in [0.15, 0.2) is 30.3 Å². The standard InChI is InChI=1S/C14H20O4/c1-11(14(16)17-2)13(15)8-9-18-10-12-6-4-3-5-7-12/h3-7,11,13,15H,8-10H2,1-2H3. The number of hydrogen-bond acceptors (Lipinski definition) is 4. The van der Waals surface area contributed by atoms with Crippen LogP contribution in [0, 0.1) is 5.92 Å². The highest BCUT2D eigenvalue weighted by Crippen LogP contribution is 2.09. The van der Waals surface area contributed by atoms with Gasteiger partial charge in [0.05, 0.1) is 25.7 Å². The average Bonchev–Trinajstić information content (AvgIpc) is 2.42. The second kappa shape index (κ2) is 7.84. The third kappa shape index (κ3) is 4.85. The maximum absolute atomic E-state index is 11.2. The number of hydrogen-bond donors (Lipinski definition) is 1. The summed E-state index contributed by atoms with van der Waals surface area (Å²) in [7, 11) is 1.32. The number of ether oxygens (including phenoxy) is 2. The zero-order valence-corrected chi connectivity index (χ0v) is 10.8. The van der Waals surface area contributed by atoms with Crippen LogP contribution in [0.1, 0.15) is 18.9 Å². The molecule has 0 aliphatic rings. The van der Waals surface area contributed by atoms with E-state index < -0.39 is 18.0 Å². The molecule has 0 saturated heterocycles. The molecule has 0 heterocycles. The molecule has 1 N–H and O–H groups in total. The maximum Gasteiger partial charge on any atom is 0.311 e. The fourth-order valence-corrected chi connectivity index (χ4v) is 1.56. The van der Waals surface area contributed by atoms with Gasteiger partial charge in [-0.1, -0.05) is 30.3 Å². The van der Waals surface area contributed by atoms with Crippen molar-refractivity contribution < 1.29 is 19.4 Å². The van der Waals surface area contributed by atoms with E-state index in [0.717, 1.165) is 5.56 Å². The molecule has 0 aromatic heterocycles. The summed E-state index contributed by atoms with van der Waals surface area (Å²) in [6.45, 7) is 2.57. The molecule has 18 heavy (non-hydrogen) atoms. The lowest BCUT2D eigenvalue weighted by atomic mass is 10.0. The second-order valence-corrected chi connectivity index (χ2v) is 4.21. The van der Waals surface area contributed by atoms with Gasteiger partial charge < -0.3 is 14.6 Å². The van der Waals surface area contributed by atoms with E-state index in [1.807, 2.05) is 30.3 Å². The lowest BCUT2D eigenvalue weighted by Gasteiger charge is -2.16. The van der Waals surface area contributed by atoms with Crippen LogP contribution in [-0.4, -0.2) is 30.9 Å². The summed E-state index contributed by atoms with van der Waals surface area (Å²) in [5.41, 5.74) is 1.09. The lowest BCUT2D eigenvalue weighted by Crippen LogP contribution is -2.27. The topological polar surface area (TPSA) is 55.8 Å². The summed E-state index contributed by atoms with van der Waals surface area (Å²) < 4.78 is 10.0. The molecular formula is C14H20O4. The van der Waals surface area contributed by atoms with Crippen molar-refractivity contribution in [3.8, 4) is 0 Å². The molecule has 0 spiro atoms. The van der Waals surface area contributed by atoms with Crippen LogP contribution >= 0.6 is 0 Å². The molecule has 0 amide bonds. The van der Waals surface area contributed by atoms with Gasteiger partial charge in [-0.05, 0) is 18.9 Å². The van der Waals surface area contributed by atoms with Gasteiger partial charge in [0.15, 0.2) is 0 Å². The first-order valence-corrected chi connectivity index (χ1v) is 6.02. The van der Waals surface area contributed by atoms with Crippen molar-refractivity contribution in [1.82, 2.24) is 0 Å². The van der Waals surface area contributed by atoms with Crippen molar-refractivity contribution >= 4 is 5.97 Å². The molecule has 4 heteroatoms. The van der Waals surface area contributed by atoms with Crippen LogP contribution in [0.25, 0.3) is 0 Å². The van der Waals surface area contributed by atoms with Crippen molar-refractivity contribution in [3.63, 3.8) is 0 Å².